The second kappa shape index (κ2) is 64.4. The topological polar surface area (TPSA) is 198 Å². The molecule has 138 heavy (non-hydrogen) atoms. The minimum absolute atomic E-state index is 0. The van der Waals surface area contributed by atoms with Gasteiger partial charge in [-0.3, -0.25) is 43.9 Å². The molecule has 0 saturated heterocycles. The molecule has 8 aromatic carbocycles. The zero-order chi connectivity index (χ0) is 99.9. The number of hydrogen-bond donors (Lipinski definition) is 3. The van der Waals surface area contributed by atoms with Crippen molar-refractivity contribution in [2.45, 2.75) is 278 Å². The Labute approximate surface area is 883 Å². The smallest absolute Gasteiger partial charge is 0.162 e. The van der Waals surface area contributed by atoms with Gasteiger partial charge in [0, 0.05) is 162 Å². The van der Waals surface area contributed by atoms with Gasteiger partial charge in [-0.1, -0.05) is 277 Å². The summed E-state index contributed by atoms with van der Waals surface area (Å²) in [7, 11) is 0. The molecular formula is C122H156Ir4N4O8-4. The molecule has 0 aliphatic heterocycles. The number of rotatable bonds is 29. The maximum Gasteiger partial charge on any atom is 0.162 e. The van der Waals surface area contributed by atoms with Gasteiger partial charge in [0.2, 0.25) is 0 Å². The number of carbonyl (C=O) groups excluding carboxylic acids is 5. The van der Waals surface area contributed by atoms with Gasteiger partial charge >= 0.3 is 0 Å². The van der Waals surface area contributed by atoms with Gasteiger partial charge in [-0.05, 0) is 179 Å². The van der Waals surface area contributed by atoms with Gasteiger partial charge in [-0.2, -0.15) is 0 Å². The third-order valence-corrected chi connectivity index (χ3v) is 24.3. The molecular weight excluding hydrogens is 2420 g/mol. The van der Waals surface area contributed by atoms with E-state index in [2.05, 4.69) is 266 Å². The molecule has 12 rings (SSSR count). The standard InChI is InChI=1S/C21H22N.C19H18N.C18H16N.C17H14N.C14H26O2.3C11H20O2.4Ir/c1-14(2)10-17-6-5-7-21-19(17)8-9-20(22-21)18-12-15(3)11-16(4)13-18;1-12-7-13(2)10-16(9-12)18-6-5-17-15(4)8-14(3)11-19(17)20-18;1-12-9-13(2)11-15(10-12)17-8-7-16-14(3)5-4-6-18(16)19-17;1-12-9-13(2)11-15(10-12)17-8-7-14-5-3-4-6-16(14)18-17;1-6-11(7-2)13(15)10(5)14(16)12(8-3)9-4;3*1-5-9(6-2)11(13)7-10(12)8(3)4;;;;/h5-9,11-12,14H,10H2,1-4H3;5-9,11H,1-4H3;4-10H,1-3H3;3-10H,1-2H3;10-12H,6-9H2,1-5H3;2*7-9,13H,5-6H2,1-4H3;7-9,12H,5-6H2,1-4H3;;;;/q4*-1;;;;;;;;. The Morgan fingerprint density at radius 3 is 0.964 bits per heavy atom. The Bertz CT molecular complexity index is 5790. The van der Waals surface area contributed by atoms with Crippen molar-refractivity contribution < 1.29 is 120 Å². The number of aromatic nitrogens is 4. The van der Waals surface area contributed by atoms with Crippen molar-refractivity contribution in [3.05, 3.63) is 296 Å². The number of nitrogens with zero attached hydrogens (tertiary/aromatic N) is 4. The first kappa shape index (κ1) is 127. The normalized spacial score (nSPS) is 11.2. The molecule has 0 bridgehead atoms. The molecule has 3 N–H and O–H groups in total. The molecule has 0 fully saturated rings. The van der Waals surface area contributed by atoms with Crippen LogP contribution in [0.3, 0.4) is 0 Å². The molecule has 0 aliphatic carbocycles. The molecule has 0 unspecified atom stereocenters. The van der Waals surface area contributed by atoms with Crippen molar-refractivity contribution in [3.8, 4) is 45.0 Å². The number of fused-ring (bicyclic) bond motifs is 4. The van der Waals surface area contributed by atoms with Crippen molar-refractivity contribution >= 4 is 72.5 Å². The zero-order valence-electron chi connectivity index (χ0n) is 88.0. The number of carbonyl (C=O) groups is 5. The van der Waals surface area contributed by atoms with Crippen molar-refractivity contribution in [2.75, 3.05) is 0 Å². The van der Waals surface area contributed by atoms with Crippen LogP contribution in [0, 0.1) is 160 Å². The average Bonchev–Trinajstić information content (AvgIpc) is 0.703. The first-order valence-electron chi connectivity index (χ1n) is 48.9. The summed E-state index contributed by atoms with van der Waals surface area (Å²) in [5, 5.41) is 33.4. The Morgan fingerprint density at radius 1 is 0.297 bits per heavy atom. The molecule has 4 heterocycles. The van der Waals surface area contributed by atoms with Crippen LogP contribution in [0.2, 0.25) is 0 Å². The second-order valence-corrected chi connectivity index (χ2v) is 37.3. The number of allylic oxidation sites excluding steroid dienone is 6. The monoisotopic (exact) mass is 2580 g/mol. The zero-order valence-corrected chi connectivity index (χ0v) is 97.5. The van der Waals surface area contributed by atoms with Crippen molar-refractivity contribution in [3.63, 3.8) is 0 Å². The Balaban J connectivity index is 0.000000792. The van der Waals surface area contributed by atoms with Crippen LogP contribution in [0.5, 0.6) is 0 Å². The molecule has 0 saturated carbocycles. The van der Waals surface area contributed by atoms with E-state index in [9.17, 15) is 39.3 Å². The van der Waals surface area contributed by atoms with Gasteiger partial charge in [0.15, 0.2) is 17.3 Å². The summed E-state index contributed by atoms with van der Waals surface area (Å²) in [6.07, 6.45) is 13.8. The summed E-state index contributed by atoms with van der Waals surface area (Å²) in [5.74, 6) is 1.71. The van der Waals surface area contributed by atoms with Gasteiger partial charge in [0.25, 0.3) is 0 Å². The predicted octanol–water partition coefficient (Wildman–Crippen LogP) is 32.3. The maximum absolute atomic E-state index is 12.1. The van der Waals surface area contributed by atoms with E-state index >= 15 is 0 Å². The number of ketones is 5. The minimum atomic E-state index is -0.408. The van der Waals surface area contributed by atoms with Crippen LogP contribution in [0.4, 0.5) is 0 Å². The van der Waals surface area contributed by atoms with E-state index in [0.29, 0.717) is 5.92 Å². The molecule has 0 amide bonds. The van der Waals surface area contributed by atoms with Crippen LogP contribution in [-0.4, -0.2) is 64.2 Å². The van der Waals surface area contributed by atoms with E-state index in [1.54, 1.807) is 6.92 Å². The number of hydrogen-bond acceptors (Lipinski definition) is 12. The van der Waals surface area contributed by atoms with Crippen molar-refractivity contribution in [2.24, 2.45) is 59.2 Å². The number of aliphatic hydroxyl groups excluding tert-OH is 3. The molecule has 4 aromatic heterocycles. The molecule has 0 aliphatic rings. The van der Waals surface area contributed by atoms with E-state index in [0.717, 1.165) is 160 Å². The summed E-state index contributed by atoms with van der Waals surface area (Å²) in [6, 6.07) is 72.9. The summed E-state index contributed by atoms with van der Waals surface area (Å²) in [6.45, 7) is 60.5. The number of aryl methyl sites for hydroxylation is 11. The molecule has 4 radical (unpaired) electrons. The van der Waals surface area contributed by atoms with E-state index in [-0.39, 0.29) is 174 Å². The average molecular weight is 2580 g/mol. The fourth-order valence-electron chi connectivity index (χ4n) is 16.2. The minimum Gasteiger partial charge on any atom is -0.512 e. The van der Waals surface area contributed by atoms with E-state index in [4.69, 9.17) is 19.9 Å². The van der Waals surface area contributed by atoms with Crippen LogP contribution < -0.4 is 0 Å². The molecule has 12 nitrogen and oxygen atoms in total. The maximum atomic E-state index is 12.1. The Kier molecular flexibility index (Phi) is 59.3. The van der Waals surface area contributed by atoms with Crippen LogP contribution in [0.1, 0.15) is 263 Å². The first-order chi connectivity index (χ1) is 63.5. The number of benzene rings is 8. The molecule has 0 atom stereocenters. The fraction of sp³-hybridized carbons (Fsp3) is 0.418. The third kappa shape index (κ3) is 40.9. The number of Topliss-reactive ketones (excluding diaryl/α,β-unsaturated/α-hetero) is 2. The quantitative estimate of drug-likeness (QED) is 0.0174. The van der Waals surface area contributed by atoms with E-state index < -0.39 is 5.92 Å². The van der Waals surface area contributed by atoms with Crippen LogP contribution in [0.15, 0.2) is 205 Å². The summed E-state index contributed by atoms with van der Waals surface area (Å²) in [5.41, 5.74) is 27.3. The second-order valence-electron chi connectivity index (χ2n) is 37.3. The van der Waals surface area contributed by atoms with Crippen molar-refractivity contribution in [1.29, 1.82) is 0 Å². The van der Waals surface area contributed by atoms with E-state index in [1.807, 2.05) is 129 Å². The van der Waals surface area contributed by atoms with Crippen LogP contribution in [0.25, 0.3) is 88.6 Å². The summed E-state index contributed by atoms with van der Waals surface area (Å²) < 4.78 is 0. The Morgan fingerprint density at radius 2 is 0.609 bits per heavy atom. The molecule has 12 aromatic rings. The Hall–Kier alpha value is -9.03. The van der Waals surface area contributed by atoms with Crippen molar-refractivity contribution in [1.82, 2.24) is 19.9 Å². The first-order valence-corrected chi connectivity index (χ1v) is 48.9. The SMILES string of the molecule is CCC(CC)C(=O)C(C)C(=O)C(CC)CC.CCC(CC)C(=O)C=C(O)C(C)C.CCC(CC)C(O)=CC(=O)C(C)C.CCC(CC)C(O)=CC(=O)C(C)C.Cc1[c-]c(-c2ccc3c(C)cc(C)cc3n2)cc(C)c1.Cc1[c-]c(-c2ccc3c(C)cccc3n2)cc(C)c1.Cc1[c-]c(-c2ccc3c(CC(C)C)cccc3n2)cc(C)c1.Cc1[c-]c(-c2ccc3ccccc3n2)cc(C)c1.[Ir].[Ir].[Ir].[Ir]. The third-order valence-electron chi connectivity index (χ3n) is 24.3. The molecule has 752 valence electrons. The van der Waals surface area contributed by atoms with Crippen LogP contribution in [-0.2, 0) is 111 Å². The molecule has 0 spiro atoms. The van der Waals surface area contributed by atoms with Gasteiger partial charge in [0.05, 0.1) is 45.3 Å². The van der Waals surface area contributed by atoms with E-state index in [1.165, 1.54) is 84.3 Å². The van der Waals surface area contributed by atoms with Gasteiger partial charge < -0.3 is 15.3 Å². The molecule has 16 heteroatoms. The summed E-state index contributed by atoms with van der Waals surface area (Å²) >= 11 is 0. The number of para-hydroxylation sites is 1. The number of aliphatic hydroxyl groups is 3. The predicted molar refractivity (Wildman–Crippen MR) is 566 cm³/mol. The largest absolute Gasteiger partial charge is 0.512 e. The fourth-order valence-corrected chi connectivity index (χ4v) is 16.2. The number of pyridine rings is 4. The van der Waals surface area contributed by atoms with Gasteiger partial charge in [0.1, 0.15) is 11.6 Å². The van der Waals surface area contributed by atoms with Gasteiger partial charge in [-0.25, -0.2) is 0 Å². The van der Waals surface area contributed by atoms with Gasteiger partial charge in [-0.15, -0.1) is 140 Å². The summed E-state index contributed by atoms with van der Waals surface area (Å²) in [4.78, 5) is 77.3. The van der Waals surface area contributed by atoms with Crippen LogP contribution >= 0.6 is 0 Å².